The van der Waals surface area contributed by atoms with Gasteiger partial charge in [0.15, 0.2) is 12.6 Å². The van der Waals surface area contributed by atoms with Gasteiger partial charge < -0.3 is 44.6 Å². The number of hydrogen-bond acceptors (Lipinski definition) is 9. The van der Waals surface area contributed by atoms with Crippen molar-refractivity contribution in [3.05, 3.63) is 0 Å². The van der Waals surface area contributed by atoms with E-state index in [2.05, 4.69) is 0 Å². The van der Waals surface area contributed by atoms with E-state index in [9.17, 15) is 30.0 Å². The summed E-state index contributed by atoms with van der Waals surface area (Å²) in [6.07, 6.45) is -3.90. The zero-order valence-electron chi connectivity index (χ0n) is 16.7. The van der Waals surface area contributed by atoms with E-state index < -0.39 is 67.5 Å². The van der Waals surface area contributed by atoms with Crippen LogP contribution in [0.3, 0.4) is 0 Å². The fraction of sp³-hybridized carbons (Fsp3) is 0.895. The van der Waals surface area contributed by atoms with Gasteiger partial charge in [-0.1, -0.05) is 6.42 Å². The number of hydrogen-bond donors (Lipinski definition) is 5. The molecule has 0 spiro atoms. The maximum absolute atomic E-state index is 12.6. The molecule has 2 saturated heterocycles. The zero-order valence-corrected chi connectivity index (χ0v) is 16.7. The fourth-order valence-corrected chi connectivity index (χ4v) is 4.28. The third-order valence-electron chi connectivity index (χ3n) is 6.24. The van der Waals surface area contributed by atoms with Crippen LogP contribution in [0, 0.1) is 11.8 Å². The molecule has 2 heterocycles. The Morgan fingerprint density at radius 2 is 1.60 bits per heavy atom. The zero-order chi connectivity index (χ0) is 21.8. The molecule has 11 nitrogen and oxygen atoms in total. The monoisotopic (exact) mass is 433 g/mol. The molecule has 0 aromatic rings. The summed E-state index contributed by atoms with van der Waals surface area (Å²) in [6.45, 7) is 0.0551. The Morgan fingerprint density at radius 3 is 2.20 bits per heavy atom. The molecule has 30 heavy (non-hydrogen) atoms. The van der Waals surface area contributed by atoms with Crippen LogP contribution < -0.4 is 0 Å². The van der Waals surface area contributed by atoms with Gasteiger partial charge in [0.1, 0.15) is 18.3 Å². The quantitative estimate of drug-likeness (QED) is 0.372. The summed E-state index contributed by atoms with van der Waals surface area (Å²) in [5.74, 6) is -2.34. The van der Waals surface area contributed by atoms with Crippen molar-refractivity contribution in [2.24, 2.45) is 11.8 Å². The van der Waals surface area contributed by atoms with E-state index in [4.69, 9.17) is 19.3 Å². The van der Waals surface area contributed by atoms with Crippen molar-refractivity contribution >= 4 is 12.1 Å². The fourth-order valence-electron chi connectivity index (χ4n) is 4.28. The lowest BCUT2D eigenvalue weighted by Gasteiger charge is -2.42. The topological polar surface area (TPSA) is 166 Å². The molecule has 5 unspecified atom stereocenters. The number of ether oxygens (including phenoxy) is 3. The number of aliphatic hydroxyl groups excluding tert-OH is 4. The van der Waals surface area contributed by atoms with Crippen LogP contribution in [0.2, 0.25) is 0 Å². The molecule has 172 valence electrons. The van der Waals surface area contributed by atoms with Crippen LogP contribution in [0.1, 0.15) is 38.5 Å². The van der Waals surface area contributed by atoms with E-state index in [-0.39, 0.29) is 0 Å². The van der Waals surface area contributed by atoms with Crippen LogP contribution in [-0.2, 0) is 19.0 Å². The second-order valence-corrected chi connectivity index (χ2v) is 8.20. The van der Waals surface area contributed by atoms with Gasteiger partial charge in [-0.3, -0.25) is 4.79 Å². The van der Waals surface area contributed by atoms with Gasteiger partial charge in [0.05, 0.1) is 18.6 Å². The minimum atomic E-state index is -1.62. The number of likely N-dealkylation sites (tertiary alicyclic amines) is 1. The van der Waals surface area contributed by atoms with Crippen LogP contribution in [0.25, 0.3) is 0 Å². The minimum Gasteiger partial charge on any atom is -0.481 e. The number of amides is 1. The number of carbonyl (C=O) groups excluding carboxylic acids is 1. The summed E-state index contributed by atoms with van der Waals surface area (Å²) in [5.41, 5.74) is 0. The Hall–Kier alpha value is -1.50. The van der Waals surface area contributed by atoms with Crippen LogP contribution in [0.5, 0.6) is 0 Å². The van der Waals surface area contributed by atoms with Crippen LogP contribution >= 0.6 is 0 Å². The van der Waals surface area contributed by atoms with Crippen molar-refractivity contribution in [3.8, 4) is 0 Å². The van der Waals surface area contributed by atoms with Crippen LogP contribution in [-0.4, -0.2) is 99.2 Å². The van der Waals surface area contributed by atoms with Crippen molar-refractivity contribution in [1.82, 2.24) is 4.90 Å². The molecule has 1 saturated carbocycles. The van der Waals surface area contributed by atoms with E-state index in [1.165, 1.54) is 4.90 Å². The molecule has 2 aliphatic heterocycles. The van der Waals surface area contributed by atoms with Crippen molar-refractivity contribution in [1.29, 1.82) is 0 Å². The van der Waals surface area contributed by atoms with E-state index in [0.29, 0.717) is 38.8 Å². The van der Waals surface area contributed by atoms with Crippen LogP contribution in [0.4, 0.5) is 4.79 Å². The van der Waals surface area contributed by atoms with Gasteiger partial charge in [-0.05, 0) is 32.1 Å². The van der Waals surface area contributed by atoms with Gasteiger partial charge in [0, 0.05) is 19.0 Å². The maximum atomic E-state index is 12.6. The lowest BCUT2D eigenvalue weighted by atomic mass is 9.92. The Labute approximate surface area is 174 Å². The Bertz CT molecular complexity index is 596. The lowest BCUT2D eigenvalue weighted by molar-refractivity contribution is -0.347. The number of carboxylic acid groups (broad SMARTS) is 1. The first kappa shape index (κ1) is 23.2. The van der Waals surface area contributed by atoms with E-state index in [1.807, 2.05) is 0 Å². The van der Waals surface area contributed by atoms with Crippen molar-refractivity contribution in [2.75, 3.05) is 19.7 Å². The summed E-state index contributed by atoms with van der Waals surface area (Å²) in [7, 11) is 0. The third kappa shape index (κ3) is 5.21. The first-order chi connectivity index (χ1) is 14.3. The average molecular weight is 433 g/mol. The molecular weight excluding hydrogens is 402 g/mol. The highest BCUT2D eigenvalue weighted by Crippen LogP contribution is 2.31. The molecule has 3 rings (SSSR count). The predicted octanol–water partition coefficient (Wildman–Crippen LogP) is -0.748. The number of aliphatic carboxylic acids is 1. The number of carbonyl (C=O) groups is 2. The number of carboxylic acids is 1. The maximum Gasteiger partial charge on any atom is 0.410 e. The molecule has 1 amide bonds. The molecule has 0 radical (unpaired) electrons. The summed E-state index contributed by atoms with van der Waals surface area (Å²) in [6, 6.07) is 0. The van der Waals surface area contributed by atoms with Gasteiger partial charge in [-0.25, -0.2) is 4.79 Å². The molecule has 11 heteroatoms. The summed E-state index contributed by atoms with van der Waals surface area (Å²) >= 11 is 0. The summed E-state index contributed by atoms with van der Waals surface area (Å²) < 4.78 is 16.6. The van der Waals surface area contributed by atoms with Gasteiger partial charge in [-0.2, -0.15) is 0 Å². The highest BCUT2D eigenvalue weighted by molar-refractivity contribution is 5.71. The Balaban J connectivity index is 1.57. The summed E-state index contributed by atoms with van der Waals surface area (Å²) in [4.78, 5) is 25.1. The molecule has 5 N–H and O–H groups in total. The largest absolute Gasteiger partial charge is 0.481 e. The van der Waals surface area contributed by atoms with Gasteiger partial charge in [0.25, 0.3) is 0 Å². The molecule has 0 aromatic heterocycles. The molecular formula is C19H31NO10. The number of piperidine rings is 1. The van der Waals surface area contributed by atoms with Gasteiger partial charge in [0.2, 0.25) is 0 Å². The van der Waals surface area contributed by atoms with Crippen LogP contribution in [0.15, 0.2) is 0 Å². The standard InChI is InChI=1S/C19H31NO10/c21-9-11-14(22)17(26)30-18(15(11)23)28-12-3-1-2-4-13(12)29-19(27)20-7-5-10(6-8-20)16(24)25/h10-15,17-18,21-23,26H,1-9H2,(H,24,25)/t11?,12?,13?,14-,15?,17?,18-/m0/s1. The van der Waals surface area contributed by atoms with Crippen molar-refractivity contribution in [3.63, 3.8) is 0 Å². The first-order valence-corrected chi connectivity index (χ1v) is 10.5. The SMILES string of the molecule is O=C(O)C1CCN(C(=O)OC2CCCCC2O[C@H]2OC(O)[C@@H](O)C(CO)C2O)CC1. The second kappa shape index (κ2) is 10.2. The molecule has 7 atom stereocenters. The van der Waals surface area contributed by atoms with Gasteiger partial charge >= 0.3 is 12.1 Å². The smallest absolute Gasteiger partial charge is 0.410 e. The third-order valence-corrected chi connectivity index (χ3v) is 6.24. The molecule has 3 fully saturated rings. The van der Waals surface area contributed by atoms with Crippen molar-refractivity contribution < 1.29 is 49.3 Å². The van der Waals surface area contributed by atoms with E-state index in [1.54, 1.807) is 0 Å². The average Bonchev–Trinajstić information content (AvgIpc) is 2.73. The van der Waals surface area contributed by atoms with E-state index >= 15 is 0 Å². The first-order valence-electron chi connectivity index (χ1n) is 10.5. The molecule has 0 bridgehead atoms. The lowest BCUT2D eigenvalue weighted by Crippen LogP contribution is -2.57. The summed E-state index contributed by atoms with van der Waals surface area (Å²) in [5, 5.41) is 48.5. The number of nitrogens with zero attached hydrogens (tertiary/aromatic N) is 1. The van der Waals surface area contributed by atoms with Crippen molar-refractivity contribution in [2.45, 2.75) is 75.5 Å². The minimum absolute atomic E-state index is 0.306. The normalized spacial score (nSPS) is 38.3. The second-order valence-electron chi connectivity index (χ2n) is 8.20. The number of rotatable bonds is 5. The highest BCUT2D eigenvalue weighted by Gasteiger charge is 2.46. The molecule has 3 aliphatic rings. The molecule has 0 aromatic carbocycles. The highest BCUT2D eigenvalue weighted by atomic mass is 16.8. The Morgan fingerprint density at radius 1 is 0.967 bits per heavy atom. The Kier molecular flexibility index (Phi) is 7.88. The van der Waals surface area contributed by atoms with E-state index in [0.717, 1.165) is 12.8 Å². The van der Waals surface area contributed by atoms with Gasteiger partial charge in [-0.15, -0.1) is 0 Å². The number of aliphatic hydroxyl groups is 4. The molecule has 1 aliphatic carbocycles. The predicted molar refractivity (Wildman–Crippen MR) is 99.0 cm³/mol.